The molecule has 0 radical (unpaired) electrons. The predicted octanol–water partition coefficient (Wildman–Crippen LogP) is 3.88. The van der Waals surface area contributed by atoms with Crippen molar-refractivity contribution >= 4 is 36.2 Å². The molecular formula is C34H56N6O10. The first kappa shape index (κ1) is 43.3. The third kappa shape index (κ3) is 19.9. The van der Waals surface area contributed by atoms with Crippen LogP contribution < -0.4 is 26.6 Å². The second-order valence-corrected chi connectivity index (χ2v) is 14.5. The van der Waals surface area contributed by atoms with Gasteiger partial charge >= 0.3 is 24.4 Å². The summed E-state index contributed by atoms with van der Waals surface area (Å²) in [5, 5.41) is 23.1. The SMILES string of the molecule is CC(C)(C)OC(=O)NCCNC(=O)[C@H](CCCNC(=O)[C@H](CCNC(=O)OC(C)(C)C)N(Cc1ccccc1)C(=O)O)NC(=O)OC(C)(C)C. The van der Waals surface area contributed by atoms with Crippen LogP contribution in [0.3, 0.4) is 0 Å². The number of nitrogens with one attached hydrogen (secondary N) is 5. The van der Waals surface area contributed by atoms with Crippen molar-refractivity contribution < 1.29 is 48.1 Å². The van der Waals surface area contributed by atoms with Crippen molar-refractivity contribution in [3.8, 4) is 0 Å². The summed E-state index contributed by atoms with van der Waals surface area (Å²) in [4.78, 5) is 76.4. The second kappa shape index (κ2) is 20.0. The molecule has 6 amide bonds. The van der Waals surface area contributed by atoms with E-state index in [2.05, 4.69) is 26.6 Å². The fraction of sp³-hybridized carbons (Fsp3) is 0.647. The van der Waals surface area contributed by atoms with Crippen molar-refractivity contribution in [1.29, 1.82) is 0 Å². The molecule has 1 rings (SSSR count). The van der Waals surface area contributed by atoms with E-state index in [1.807, 2.05) is 0 Å². The molecule has 0 fully saturated rings. The van der Waals surface area contributed by atoms with Crippen molar-refractivity contribution in [2.24, 2.45) is 0 Å². The van der Waals surface area contributed by atoms with Gasteiger partial charge in [-0.3, -0.25) is 14.5 Å². The lowest BCUT2D eigenvalue weighted by atomic mass is 10.1. The lowest BCUT2D eigenvalue weighted by Gasteiger charge is -2.29. The number of nitrogens with zero attached hydrogens (tertiary/aromatic N) is 1. The monoisotopic (exact) mass is 708 g/mol. The minimum atomic E-state index is -1.33. The molecule has 0 aliphatic carbocycles. The third-order valence-electron chi connectivity index (χ3n) is 6.28. The molecule has 0 aromatic heterocycles. The zero-order valence-electron chi connectivity index (χ0n) is 30.8. The number of carbonyl (C=O) groups is 6. The largest absolute Gasteiger partial charge is 0.465 e. The fourth-order valence-corrected chi connectivity index (χ4v) is 4.29. The number of carboxylic acid groups (broad SMARTS) is 1. The fourth-order valence-electron chi connectivity index (χ4n) is 4.29. The van der Waals surface area contributed by atoms with Crippen LogP contribution in [0.5, 0.6) is 0 Å². The maximum Gasteiger partial charge on any atom is 0.408 e. The van der Waals surface area contributed by atoms with Crippen molar-refractivity contribution in [3.63, 3.8) is 0 Å². The number of carbonyl (C=O) groups excluding carboxylic acids is 5. The Morgan fingerprint density at radius 3 is 1.64 bits per heavy atom. The third-order valence-corrected chi connectivity index (χ3v) is 6.28. The topological polar surface area (TPSA) is 214 Å². The first-order chi connectivity index (χ1) is 23.1. The average molecular weight is 709 g/mol. The van der Waals surface area contributed by atoms with Gasteiger partial charge in [0.2, 0.25) is 11.8 Å². The van der Waals surface area contributed by atoms with Gasteiger partial charge in [0.25, 0.3) is 0 Å². The second-order valence-electron chi connectivity index (χ2n) is 14.5. The predicted molar refractivity (Wildman–Crippen MR) is 185 cm³/mol. The Hall–Kier alpha value is -4.76. The van der Waals surface area contributed by atoms with E-state index in [0.717, 1.165) is 4.90 Å². The molecule has 0 unspecified atom stereocenters. The molecule has 0 spiro atoms. The van der Waals surface area contributed by atoms with Crippen molar-refractivity contribution in [2.45, 2.75) is 117 Å². The van der Waals surface area contributed by atoms with Crippen LogP contribution in [-0.4, -0.2) is 101 Å². The van der Waals surface area contributed by atoms with E-state index in [-0.39, 0.29) is 52.0 Å². The number of rotatable bonds is 16. The number of amides is 6. The molecule has 282 valence electrons. The molecule has 16 nitrogen and oxygen atoms in total. The highest BCUT2D eigenvalue weighted by Gasteiger charge is 2.31. The maximum atomic E-state index is 13.4. The Balaban J connectivity index is 2.94. The van der Waals surface area contributed by atoms with E-state index in [1.165, 1.54) is 0 Å². The van der Waals surface area contributed by atoms with Gasteiger partial charge in [-0.25, -0.2) is 19.2 Å². The molecule has 0 saturated carbocycles. The van der Waals surface area contributed by atoms with E-state index in [0.29, 0.717) is 5.56 Å². The van der Waals surface area contributed by atoms with Crippen LogP contribution in [-0.2, 0) is 30.3 Å². The highest BCUT2D eigenvalue weighted by molar-refractivity contribution is 5.86. The van der Waals surface area contributed by atoms with Crippen LogP contribution >= 0.6 is 0 Å². The molecule has 1 aromatic carbocycles. The Bertz CT molecular complexity index is 1270. The quantitative estimate of drug-likeness (QED) is 0.108. The highest BCUT2D eigenvalue weighted by atomic mass is 16.6. The van der Waals surface area contributed by atoms with E-state index in [9.17, 15) is 33.9 Å². The van der Waals surface area contributed by atoms with Gasteiger partial charge < -0.3 is 45.9 Å². The molecule has 2 atom stereocenters. The van der Waals surface area contributed by atoms with E-state index in [1.54, 1.807) is 92.6 Å². The summed E-state index contributed by atoms with van der Waals surface area (Å²) in [7, 11) is 0. The number of benzene rings is 1. The molecular weight excluding hydrogens is 652 g/mol. The summed E-state index contributed by atoms with van der Waals surface area (Å²) >= 11 is 0. The Morgan fingerprint density at radius 2 is 1.12 bits per heavy atom. The van der Waals surface area contributed by atoms with E-state index < -0.39 is 65.1 Å². The van der Waals surface area contributed by atoms with Gasteiger partial charge in [0.1, 0.15) is 28.9 Å². The zero-order chi connectivity index (χ0) is 38.1. The first-order valence-corrected chi connectivity index (χ1v) is 16.6. The number of hydrogen-bond acceptors (Lipinski definition) is 9. The lowest BCUT2D eigenvalue weighted by molar-refractivity contribution is -0.126. The minimum absolute atomic E-state index is 0.0353. The summed E-state index contributed by atoms with van der Waals surface area (Å²) in [5.74, 6) is -1.15. The zero-order valence-corrected chi connectivity index (χ0v) is 30.8. The van der Waals surface area contributed by atoms with Gasteiger partial charge in [-0.2, -0.15) is 0 Å². The Kier molecular flexibility index (Phi) is 17.3. The number of alkyl carbamates (subject to hydrolysis) is 3. The standard InChI is InChI=1S/C34H56N6O10/c1-32(2,3)48-28(43)37-19-17-25(40(31(46)47)22-23-14-11-10-12-15-23)27(42)35-18-13-16-24(39-30(45)50-34(7,8)9)26(41)36-20-21-38-29(44)49-33(4,5)6/h10-12,14-15,24-25H,13,16-22H2,1-9H3,(H,35,42)(H,36,41)(H,37,43)(H,38,44)(H,39,45)(H,46,47)/t24-,25-/m0/s1. The molecule has 0 saturated heterocycles. The van der Waals surface area contributed by atoms with Crippen LogP contribution in [0.2, 0.25) is 0 Å². The van der Waals surface area contributed by atoms with Gasteiger partial charge in [0.05, 0.1) is 0 Å². The summed E-state index contributed by atoms with van der Waals surface area (Å²) in [6, 6.07) is 6.54. The lowest BCUT2D eigenvalue weighted by Crippen LogP contribution is -2.51. The van der Waals surface area contributed by atoms with Gasteiger partial charge in [-0.1, -0.05) is 30.3 Å². The summed E-state index contributed by atoms with van der Waals surface area (Å²) in [6.45, 7) is 15.3. The van der Waals surface area contributed by atoms with Crippen LogP contribution in [0, 0.1) is 0 Å². The van der Waals surface area contributed by atoms with Gasteiger partial charge in [-0.05, 0) is 87.1 Å². The first-order valence-electron chi connectivity index (χ1n) is 16.6. The maximum absolute atomic E-state index is 13.4. The molecule has 50 heavy (non-hydrogen) atoms. The van der Waals surface area contributed by atoms with Crippen molar-refractivity contribution in [3.05, 3.63) is 35.9 Å². The summed E-state index contributed by atoms with van der Waals surface area (Å²) in [5.41, 5.74) is -1.59. The van der Waals surface area contributed by atoms with Crippen LogP contribution in [0.25, 0.3) is 0 Å². The molecule has 0 bridgehead atoms. The van der Waals surface area contributed by atoms with Crippen molar-refractivity contribution in [2.75, 3.05) is 26.2 Å². The smallest absolute Gasteiger partial charge is 0.408 e. The Labute approximate surface area is 294 Å². The Morgan fingerprint density at radius 1 is 0.640 bits per heavy atom. The normalized spacial score (nSPS) is 12.7. The minimum Gasteiger partial charge on any atom is -0.465 e. The summed E-state index contributed by atoms with van der Waals surface area (Å²) < 4.78 is 15.7. The van der Waals surface area contributed by atoms with Crippen LogP contribution in [0.4, 0.5) is 19.2 Å². The van der Waals surface area contributed by atoms with Crippen LogP contribution in [0.15, 0.2) is 30.3 Å². The average Bonchev–Trinajstić information content (AvgIpc) is 2.95. The van der Waals surface area contributed by atoms with E-state index in [4.69, 9.17) is 14.2 Å². The van der Waals surface area contributed by atoms with Gasteiger partial charge in [-0.15, -0.1) is 0 Å². The van der Waals surface area contributed by atoms with Crippen LogP contribution in [0.1, 0.15) is 87.1 Å². The molecule has 0 aliphatic heterocycles. The highest BCUT2D eigenvalue weighted by Crippen LogP contribution is 2.14. The molecule has 6 N–H and O–H groups in total. The summed E-state index contributed by atoms with van der Waals surface area (Å²) in [6.07, 6.45) is -3.24. The number of hydrogen-bond donors (Lipinski definition) is 6. The van der Waals surface area contributed by atoms with Crippen molar-refractivity contribution in [1.82, 2.24) is 31.5 Å². The number of ether oxygens (including phenoxy) is 3. The van der Waals surface area contributed by atoms with Gasteiger partial charge in [0, 0.05) is 32.7 Å². The molecule has 1 aromatic rings. The molecule has 16 heteroatoms. The van der Waals surface area contributed by atoms with E-state index >= 15 is 0 Å². The van der Waals surface area contributed by atoms with Gasteiger partial charge in [0.15, 0.2) is 0 Å². The molecule has 0 heterocycles. The molecule has 0 aliphatic rings.